The highest BCUT2D eigenvalue weighted by Gasteiger charge is 2.31. The minimum atomic E-state index is -1.54. The topological polar surface area (TPSA) is 44.5 Å². The number of alkyl halides is 1. The number of benzene rings is 1. The van der Waals surface area contributed by atoms with Crippen LogP contribution in [0.1, 0.15) is 18.9 Å². The van der Waals surface area contributed by atoms with Crippen molar-refractivity contribution in [2.45, 2.75) is 19.0 Å². The summed E-state index contributed by atoms with van der Waals surface area (Å²) >= 11 is 0. The fourth-order valence-corrected chi connectivity index (χ4v) is 1.61. The number of hydrogen-bond acceptors (Lipinski definition) is 3. The summed E-state index contributed by atoms with van der Waals surface area (Å²) in [4.78, 5) is 0. The Morgan fingerprint density at radius 2 is 2.00 bits per heavy atom. The molecule has 0 bridgehead atoms. The summed E-state index contributed by atoms with van der Waals surface area (Å²) in [6.07, 6.45) is 0.312. The molecule has 0 saturated heterocycles. The van der Waals surface area contributed by atoms with Gasteiger partial charge in [0.2, 0.25) is 0 Å². The van der Waals surface area contributed by atoms with E-state index >= 15 is 0 Å². The Morgan fingerprint density at radius 3 is 2.44 bits per heavy atom. The predicted molar refractivity (Wildman–Crippen MR) is 61.7 cm³/mol. The maximum atomic E-state index is 14.4. The van der Waals surface area contributed by atoms with Crippen molar-refractivity contribution in [3.05, 3.63) is 23.8 Å². The van der Waals surface area contributed by atoms with Crippen LogP contribution >= 0.6 is 0 Å². The Morgan fingerprint density at radius 1 is 1.31 bits per heavy atom. The molecular formula is C12H18FNO2. The summed E-state index contributed by atoms with van der Waals surface area (Å²) in [7, 11) is 3.06. The molecule has 0 fully saturated rings. The van der Waals surface area contributed by atoms with Gasteiger partial charge in [-0.3, -0.25) is 0 Å². The van der Waals surface area contributed by atoms with Crippen LogP contribution in [-0.4, -0.2) is 20.8 Å². The van der Waals surface area contributed by atoms with E-state index in [2.05, 4.69) is 0 Å². The minimum absolute atomic E-state index is 0.0633. The normalized spacial score (nSPS) is 14.3. The molecule has 0 radical (unpaired) electrons. The fourth-order valence-electron chi connectivity index (χ4n) is 1.61. The average molecular weight is 227 g/mol. The molecule has 0 heterocycles. The van der Waals surface area contributed by atoms with Crippen LogP contribution in [0.15, 0.2) is 18.2 Å². The first kappa shape index (κ1) is 12.8. The summed E-state index contributed by atoms with van der Waals surface area (Å²) in [5.41, 5.74) is 4.41. The quantitative estimate of drug-likeness (QED) is 0.839. The lowest BCUT2D eigenvalue weighted by atomic mass is 9.92. The molecule has 0 spiro atoms. The third kappa shape index (κ3) is 2.27. The molecule has 3 nitrogen and oxygen atoms in total. The molecule has 0 aliphatic carbocycles. The van der Waals surface area contributed by atoms with E-state index in [1.165, 1.54) is 7.11 Å². The van der Waals surface area contributed by atoms with Crippen LogP contribution in [0.2, 0.25) is 0 Å². The lowest BCUT2D eigenvalue weighted by Gasteiger charge is -2.24. The first-order valence-corrected chi connectivity index (χ1v) is 5.22. The zero-order chi connectivity index (χ0) is 12.2. The van der Waals surface area contributed by atoms with Crippen molar-refractivity contribution in [2.24, 2.45) is 5.73 Å². The van der Waals surface area contributed by atoms with Crippen LogP contribution in [0.4, 0.5) is 4.39 Å². The van der Waals surface area contributed by atoms with Crippen LogP contribution in [-0.2, 0) is 5.67 Å². The maximum absolute atomic E-state index is 14.4. The van der Waals surface area contributed by atoms with E-state index < -0.39 is 5.67 Å². The highest BCUT2D eigenvalue weighted by atomic mass is 19.1. The number of hydrogen-bond donors (Lipinski definition) is 1. The fraction of sp³-hybridized carbons (Fsp3) is 0.500. The summed E-state index contributed by atoms with van der Waals surface area (Å²) < 4.78 is 24.6. The Balaban J connectivity index is 3.22. The molecular weight excluding hydrogens is 209 g/mol. The smallest absolute Gasteiger partial charge is 0.151 e. The van der Waals surface area contributed by atoms with Gasteiger partial charge in [0.05, 0.1) is 14.2 Å². The number of rotatable bonds is 5. The average Bonchev–Trinajstić information content (AvgIpc) is 2.37. The molecule has 4 heteroatoms. The lowest BCUT2D eigenvalue weighted by molar-refractivity contribution is 0.163. The summed E-state index contributed by atoms with van der Waals surface area (Å²) in [5.74, 6) is 1.10. The van der Waals surface area contributed by atoms with Crippen molar-refractivity contribution in [3.8, 4) is 11.5 Å². The predicted octanol–water partition coefficient (Wildman–Crippen LogP) is 2.24. The molecule has 16 heavy (non-hydrogen) atoms. The molecule has 1 aromatic rings. The zero-order valence-electron chi connectivity index (χ0n) is 9.92. The van der Waals surface area contributed by atoms with E-state index in [9.17, 15) is 4.39 Å². The van der Waals surface area contributed by atoms with Crippen molar-refractivity contribution in [2.75, 3.05) is 20.8 Å². The molecule has 0 amide bonds. The second-order valence-electron chi connectivity index (χ2n) is 3.59. The first-order chi connectivity index (χ1) is 7.61. The van der Waals surface area contributed by atoms with Gasteiger partial charge in [-0.15, -0.1) is 0 Å². The van der Waals surface area contributed by atoms with E-state index in [0.29, 0.717) is 23.5 Å². The highest BCUT2D eigenvalue weighted by molar-refractivity contribution is 5.44. The van der Waals surface area contributed by atoms with E-state index in [-0.39, 0.29) is 6.54 Å². The van der Waals surface area contributed by atoms with E-state index in [0.717, 1.165) is 0 Å². The number of halogens is 1. The van der Waals surface area contributed by atoms with Gasteiger partial charge in [-0.2, -0.15) is 0 Å². The second-order valence-corrected chi connectivity index (χ2v) is 3.59. The largest absolute Gasteiger partial charge is 0.497 e. The Hall–Kier alpha value is -1.29. The maximum Gasteiger partial charge on any atom is 0.151 e. The van der Waals surface area contributed by atoms with Gasteiger partial charge < -0.3 is 15.2 Å². The van der Waals surface area contributed by atoms with Crippen LogP contribution in [0, 0.1) is 0 Å². The van der Waals surface area contributed by atoms with Gasteiger partial charge in [0.1, 0.15) is 11.5 Å². The molecule has 2 N–H and O–H groups in total. The lowest BCUT2D eigenvalue weighted by Crippen LogP contribution is -2.30. The Kier molecular flexibility index (Phi) is 4.12. The van der Waals surface area contributed by atoms with Crippen LogP contribution in [0.5, 0.6) is 11.5 Å². The van der Waals surface area contributed by atoms with Crippen molar-refractivity contribution in [1.82, 2.24) is 0 Å². The van der Waals surface area contributed by atoms with Gasteiger partial charge in [0, 0.05) is 18.2 Å². The third-order valence-electron chi connectivity index (χ3n) is 2.78. The van der Waals surface area contributed by atoms with E-state index in [1.807, 2.05) is 0 Å². The van der Waals surface area contributed by atoms with Crippen molar-refractivity contribution in [1.29, 1.82) is 0 Å². The molecule has 1 atom stereocenters. The van der Waals surface area contributed by atoms with Crippen LogP contribution in [0.25, 0.3) is 0 Å². The molecule has 1 unspecified atom stereocenters. The first-order valence-electron chi connectivity index (χ1n) is 5.22. The molecule has 1 aromatic carbocycles. The van der Waals surface area contributed by atoms with Gasteiger partial charge in [-0.25, -0.2) is 4.39 Å². The SMILES string of the molecule is CCC(F)(CN)c1ccc(OC)cc1OC. The van der Waals surface area contributed by atoms with Crippen LogP contribution < -0.4 is 15.2 Å². The van der Waals surface area contributed by atoms with Crippen molar-refractivity contribution in [3.63, 3.8) is 0 Å². The molecule has 0 aliphatic rings. The van der Waals surface area contributed by atoms with E-state index in [1.54, 1.807) is 32.2 Å². The van der Waals surface area contributed by atoms with Gasteiger partial charge in [-0.05, 0) is 18.6 Å². The zero-order valence-corrected chi connectivity index (χ0v) is 9.92. The van der Waals surface area contributed by atoms with Crippen molar-refractivity contribution >= 4 is 0 Å². The number of methoxy groups -OCH3 is 2. The van der Waals surface area contributed by atoms with E-state index in [4.69, 9.17) is 15.2 Å². The van der Waals surface area contributed by atoms with Crippen LogP contribution in [0.3, 0.4) is 0 Å². The monoisotopic (exact) mass is 227 g/mol. The summed E-state index contributed by atoms with van der Waals surface area (Å²) in [5, 5.41) is 0. The molecule has 90 valence electrons. The molecule has 0 aliphatic heterocycles. The van der Waals surface area contributed by atoms with Gasteiger partial charge in [0.25, 0.3) is 0 Å². The van der Waals surface area contributed by atoms with Gasteiger partial charge in [0.15, 0.2) is 5.67 Å². The van der Waals surface area contributed by atoms with Gasteiger partial charge in [-0.1, -0.05) is 6.92 Å². The highest BCUT2D eigenvalue weighted by Crippen LogP contribution is 2.37. The molecule has 1 rings (SSSR count). The second kappa shape index (κ2) is 5.16. The minimum Gasteiger partial charge on any atom is -0.497 e. The van der Waals surface area contributed by atoms with Gasteiger partial charge >= 0.3 is 0 Å². The standard InChI is InChI=1S/C12H18FNO2/c1-4-12(13,8-14)10-6-5-9(15-2)7-11(10)16-3/h5-7H,4,8,14H2,1-3H3. The summed E-state index contributed by atoms with van der Waals surface area (Å²) in [6, 6.07) is 5.03. The Bertz CT molecular complexity index is 351. The molecule has 0 saturated carbocycles. The number of nitrogens with two attached hydrogens (primary N) is 1. The molecule has 0 aromatic heterocycles. The number of ether oxygens (including phenoxy) is 2. The van der Waals surface area contributed by atoms with Crippen molar-refractivity contribution < 1.29 is 13.9 Å². The Labute approximate surface area is 95.4 Å². The third-order valence-corrected chi connectivity index (χ3v) is 2.78. The summed E-state index contributed by atoms with van der Waals surface area (Å²) in [6.45, 7) is 1.70.